The number of anilines is 1. The molecule has 0 aliphatic rings. The lowest BCUT2D eigenvalue weighted by atomic mass is 10.2. The van der Waals surface area contributed by atoms with Gasteiger partial charge in [-0.1, -0.05) is 25.1 Å². The third-order valence-electron chi connectivity index (χ3n) is 2.88. The zero-order valence-electron chi connectivity index (χ0n) is 12.7. The van der Waals surface area contributed by atoms with Crippen LogP contribution in [0.25, 0.3) is 0 Å². The van der Waals surface area contributed by atoms with Crippen LogP contribution in [0.2, 0.25) is 0 Å². The zero-order valence-corrected chi connectivity index (χ0v) is 14.8. The molecule has 2 rings (SSSR count). The third-order valence-corrected chi connectivity index (χ3v) is 3.68. The van der Waals surface area contributed by atoms with Gasteiger partial charge >= 0.3 is 0 Å². The van der Waals surface area contributed by atoms with Gasteiger partial charge in [0, 0.05) is 0 Å². The Labute approximate surface area is 144 Å². The Balaban J connectivity index is 2.12. The fourth-order valence-electron chi connectivity index (χ4n) is 1.85. The predicted molar refractivity (Wildman–Crippen MR) is 99.2 cm³/mol. The summed E-state index contributed by atoms with van der Waals surface area (Å²) in [5, 5.41) is 4.25. The molecule has 2 aromatic carbocycles. The van der Waals surface area contributed by atoms with Crippen molar-refractivity contribution in [2.45, 2.75) is 13.3 Å². The van der Waals surface area contributed by atoms with Gasteiger partial charge in [0.05, 0.1) is 29.2 Å². The molecule has 0 fully saturated rings. The van der Waals surface area contributed by atoms with Gasteiger partial charge in [-0.05, 0) is 58.8 Å². The largest absolute Gasteiger partial charge is 0.493 e. The highest BCUT2D eigenvalue weighted by atomic mass is 127. The third kappa shape index (κ3) is 4.62. The molecule has 0 atom stereocenters. The van der Waals surface area contributed by atoms with Gasteiger partial charge in [0.1, 0.15) is 0 Å². The zero-order chi connectivity index (χ0) is 15.8. The minimum absolute atomic E-state index is 0.676. The van der Waals surface area contributed by atoms with Gasteiger partial charge in [0.2, 0.25) is 0 Å². The number of ether oxygens (including phenoxy) is 2. The van der Waals surface area contributed by atoms with Crippen LogP contribution in [-0.4, -0.2) is 19.9 Å². The van der Waals surface area contributed by atoms with Crippen molar-refractivity contribution in [1.29, 1.82) is 0 Å². The summed E-state index contributed by atoms with van der Waals surface area (Å²) in [5.41, 5.74) is 4.89. The number of hydrazone groups is 1. The Kier molecular flexibility index (Phi) is 6.51. The van der Waals surface area contributed by atoms with Crippen molar-refractivity contribution in [3.05, 3.63) is 51.6 Å². The highest BCUT2D eigenvalue weighted by Crippen LogP contribution is 2.33. The van der Waals surface area contributed by atoms with Gasteiger partial charge in [0.15, 0.2) is 11.5 Å². The first-order valence-corrected chi connectivity index (χ1v) is 8.17. The van der Waals surface area contributed by atoms with Crippen molar-refractivity contribution < 1.29 is 9.47 Å². The quantitative estimate of drug-likeness (QED) is 0.414. The fraction of sp³-hybridized carbons (Fsp3) is 0.235. The topological polar surface area (TPSA) is 42.8 Å². The number of para-hydroxylation sites is 1. The van der Waals surface area contributed by atoms with Crippen LogP contribution in [-0.2, 0) is 0 Å². The van der Waals surface area contributed by atoms with Crippen molar-refractivity contribution in [1.82, 2.24) is 0 Å². The average molecular weight is 410 g/mol. The Bertz CT molecular complexity index is 630. The van der Waals surface area contributed by atoms with E-state index in [4.69, 9.17) is 9.47 Å². The minimum atomic E-state index is 0.676. The molecule has 116 valence electrons. The molecule has 0 unspecified atom stereocenters. The Morgan fingerprint density at radius 2 is 2.00 bits per heavy atom. The van der Waals surface area contributed by atoms with Crippen molar-refractivity contribution in [2.75, 3.05) is 19.1 Å². The second kappa shape index (κ2) is 8.63. The molecule has 1 N–H and O–H groups in total. The van der Waals surface area contributed by atoms with E-state index in [1.54, 1.807) is 13.3 Å². The van der Waals surface area contributed by atoms with Gasteiger partial charge < -0.3 is 9.47 Å². The van der Waals surface area contributed by atoms with E-state index in [1.165, 1.54) is 0 Å². The smallest absolute Gasteiger partial charge is 0.174 e. The number of methoxy groups -OCH3 is 1. The first kappa shape index (κ1) is 16.6. The molecule has 0 heterocycles. The van der Waals surface area contributed by atoms with Crippen LogP contribution in [0.4, 0.5) is 5.69 Å². The van der Waals surface area contributed by atoms with Gasteiger partial charge in [-0.15, -0.1) is 0 Å². The molecule has 0 saturated carbocycles. The SMILES string of the molecule is CCCOc1c(I)cc(C=NNc2ccccc2)cc1OC. The Morgan fingerprint density at radius 3 is 2.68 bits per heavy atom. The lowest BCUT2D eigenvalue weighted by Crippen LogP contribution is -2.01. The van der Waals surface area contributed by atoms with Crippen LogP contribution in [0.15, 0.2) is 47.6 Å². The molecule has 5 heteroatoms. The molecule has 4 nitrogen and oxygen atoms in total. The van der Waals surface area contributed by atoms with E-state index >= 15 is 0 Å². The molecule has 0 aliphatic carbocycles. The first-order chi connectivity index (χ1) is 10.7. The molecule has 22 heavy (non-hydrogen) atoms. The fourth-order valence-corrected chi connectivity index (χ4v) is 2.63. The molecule has 0 aromatic heterocycles. The van der Waals surface area contributed by atoms with Crippen molar-refractivity contribution in [3.63, 3.8) is 0 Å². The minimum Gasteiger partial charge on any atom is -0.493 e. The number of rotatable bonds is 7. The summed E-state index contributed by atoms with van der Waals surface area (Å²) in [6.45, 7) is 2.75. The van der Waals surface area contributed by atoms with Crippen LogP contribution < -0.4 is 14.9 Å². The van der Waals surface area contributed by atoms with Crippen LogP contribution in [0, 0.1) is 3.57 Å². The summed E-state index contributed by atoms with van der Waals surface area (Å²) in [6, 6.07) is 13.8. The highest BCUT2D eigenvalue weighted by molar-refractivity contribution is 14.1. The normalized spacial score (nSPS) is 10.7. The van der Waals surface area contributed by atoms with Gasteiger partial charge in [-0.3, -0.25) is 5.43 Å². The van der Waals surface area contributed by atoms with Crippen LogP contribution in [0.5, 0.6) is 11.5 Å². The number of hydrogen-bond acceptors (Lipinski definition) is 4. The van der Waals surface area contributed by atoms with E-state index < -0.39 is 0 Å². The summed E-state index contributed by atoms with van der Waals surface area (Å²) in [4.78, 5) is 0. The van der Waals surface area contributed by atoms with Crippen LogP contribution >= 0.6 is 22.6 Å². The summed E-state index contributed by atoms with van der Waals surface area (Å²) >= 11 is 2.25. The average Bonchev–Trinajstić information content (AvgIpc) is 2.54. The maximum absolute atomic E-state index is 5.74. The molecule has 0 saturated heterocycles. The monoisotopic (exact) mass is 410 g/mol. The van der Waals surface area contributed by atoms with E-state index in [9.17, 15) is 0 Å². The van der Waals surface area contributed by atoms with E-state index in [-0.39, 0.29) is 0 Å². The van der Waals surface area contributed by atoms with E-state index in [0.717, 1.165) is 32.7 Å². The van der Waals surface area contributed by atoms with E-state index in [2.05, 4.69) is 40.0 Å². The lowest BCUT2D eigenvalue weighted by molar-refractivity contribution is 0.292. The summed E-state index contributed by atoms with van der Waals surface area (Å²) in [6.07, 6.45) is 2.73. The van der Waals surface area contributed by atoms with E-state index in [0.29, 0.717) is 6.61 Å². The van der Waals surface area contributed by atoms with Gasteiger partial charge in [-0.2, -0.15) is 5.10 Å². The van der Waals surface area contributed by atoms with Gasteiger partial charge in [-0.25, -0.2) is 0 Å². The second-order valence-corrected chi connectivity index (χ2v) is 5.78. The highest BCUT2D eigenvalue weighted by Gasteiger charge is 2.10. The van der Waals surface area contributed by atoms with Crippen LogP contribution in [0.3, 0.4) is 0 Å². The standard InChI is InChI=1S/C17H19IN2O2/c1-3-9-22-17-15(18)10-13(11-16(17)21-2)12-19-20-14-7-5-4-6-8-14/h4-8,10-12,20H,3,9H2,1-2H3. The molecular formula is C17H19IN2O2. The predicted octanol–water partition coefficient (Wildman–Crippen LogP) is 4.53. The molecule has 2 aromatic rings. The van der Waals surface area contributed by atoms with Crippen molar-refractivity contribution in [2.24, 2.45) is 5.10 Å². The molecule has 0 radical (unpaired) electrons. The lowest BCUT2D eigenvalue weighted by Gasteiger charge is -2.12. The Morgan fingerprint density at radius 1 is 1.23 bits per heavy atom. The number of nitrogens with zero attached hydrogens (tertiary/aromatic N) is 1. The molecule has 0 amide bonds. The van der Waals surface area contributed by atoms with Gasteiger partial charge in [0.25, 0.3) is 0 Å². The van der Waals surface area contributed by atoms with Crippen LogP contribution in [0.1, 0.15) is 18.9 Å². The Hall–Kier alpha value is -1.76. The number of nitrogens with one attached hydrogen (secondary N) is 1. The summed E-state index contributed by atoms with van der Waals surface area (Å²) in [5.74, 6) is 1.51. The molecular weight excluding hydrogens is 391 g/mol. The maximum atomic E-state index is 5.74. The van der Waals surface area contributed by atoms with Crippen molar-refractivity contribution in [3.8, 4) is 11.5 Å². The second-order valence-electron chi connectivity index (χ2n) is 4.62. The number of benzene rings is 2. The molecule has 0 aliphatic heterocycles. The molecule has 0 spiro atoms. The molecule has 0 bridgehead atoms. The summed E-state index contributed by atoms with van der Waals surface area (Å²) < 4.78 is 12.2. The first-order valence-electron chi connectivity index (χ1n) is 7.09. The van der Waals surface area contributed by atoms with E-state index in [1.807, 2.05) is 42.5 Å². The maximum Gasteiger partial charge on any atom is 0.174 e. The van der Waals surface area contributed by atoms with Crippen molar-refractivity contribution >= 4 is 34.5 Å². The number of hydrogen-bond donors (Lipinski definition) is 1. The number of halogens is 1. The summed E-state index contributed by atoms with van der Waals surface area (Å²) in [7, 11) is 1.65.